The van der Waals surface area contributed by atoms with Crippen molar-refractivity contribution in [2.24, 2.45) is 0 Å². The minimum absolute atomic E-state index is 0.0616. The van der Waals surface area contributed by atoms with E-state index in [1.54, 1.807) is 38.1 Å². The number of carbonyl (C=O) groups excluding carboxylic acids is 2. The average Bonchev–Trinajstić information content (AvgIpc) is 3.06. The Balaban J connectivity index is 1.67. The number of thiophene rings is 1. The highest BCUT2D eigenvalue weighted by Crippen LogP contribution is 2.38. The molecule has 11 heteroatoms. The SMILES string of the molecule is CCOC(=O)c1c(NC(=O)Cn2c(C)nc3ccccc3c2=O)sc2c1CCS(=O)(=O)C2. The highest BCUT2D eigenvalue weighted by atomic mass is 32.2. The number of aromatic nitrogens is 2. The fourth-order valence-corrected chi connectivity index (χ4v) is 6.76. The van der Waals surface area contributed by atoms with Crippen molar-refractivity contribution in [1.82, 2.24) is 9.55 Å². The summed E-state index contributed by atoms with van der Waals surface area (Å²) in [6.07, 6.45) is 0.186. The Morgan fingerprint density at radius 3 is 2.78 bits per heavy atom. The minimum atomic E-state index is -3.25. The molecule has 168 valence electrons. The maximum absolute atomic E-state index is 12.8. The second-order valence-electron chi connectivity index (χ2n) is 7.39. The van der Waals surface area contributed by atoms with Gasteiger partial charge in [0.15, 0.2) is 9.84 Å². The van der Waals surface area contributed by atoms with Gasteiger partial charge in [0.05, 0.1) is 34.6 Å². The lowest BCUT2D eigenvalue weighted by Gasteiger charge is -2.13. The van der Waals surface area contributed by atoms with Crippen LogP contribution >= 0.6 is 11.3 Å². The fourth-order valence-electron chi connectivity index (χ4n) is 3.70. The van der Waals surface area contributed by atoms with Crippen molar-refractivity contribution in [3.63, 3.8) is 0 Å². The van der Waals surface area contributed by atoms with Gasteiger partial charge < -0.3 is 10.1 Å². The number of esters is 1. The van der Waals surface area contributed by atoms with E-state index in [4.69, 9.17) is 4.74 Å². The first-order valence-electron chi connectivity index (χ1n) is 9.98. The monoisotopic (exact) mass is 475 g/mol. The Labute approximate surface area is 188 Å². The number of nitrogens with one attached hydrogen (secondary N) is 1. The van der Waals surface area contributed by atoms with Crippen molar-refractivity contribution < 1.29 is 22.7 Å². The van der Waals surface area contributed by atoms with Crippen LogP contribution < -0.4 is 10.9 Å². The summed E-state index contributed by atoms with van der Waals surface area (Å²) >= 11 is 1.05. The molecule has 0 unspecified atom stereocenters. The number of nitrogens with zero attached hydrogens (tertiary/aromatic N) is 2. The second-order valence-corrected chi connectivity index (χ2v) is 10.7. The number of amides is 1. The number of ether oxygens (including phenoxy) is 1. The third-order valence-corrected chi connectivity index (χ3v) is 8.08. The summed E-state index contributed by atoms with van der Waals surface area (Å²) in [4.78, 5) is 43.1. The van der Waals surface area contributed by atoms with Crippen LogP contribution in [0.1, 0.15) is 33.5 Å². The van der Waals surface area contributed by atoms with E-state index in [2.05, 4.69) is 10.3 Å². The van der Waals surface area contributed by atoms with Crippen LogP contribution in [0.2, 0.25) is 0 Å². The number of rotatable bonds is 5. The molecule has 32 heavy (non-hydrogen) atoms. The highest BCUT2D eigenvalue weighted by molar-refractivity contribution is 7.90. The number of para-hydroxylation sites is 1. The molecule has 1 aliphatic heterocycles. The Morgan fingerprint density at radius 1 is 1.28 bits per heavy atom. The van der Waals surface area contributed by atoms with E-state index in [0.29, 0.717) is 27.2 Å². The molecule has 2 aromatic heterocycles. The van der Waals surface area contributed by atoms with E-state index in [1.807, 2.05) is 0 Å². The van der Waals surface area contributed by atoms with Crippen LogP contribution in [0.15, 0.2) is 29.1 Å². The van der Waals surface area contributed by atoms with Crippen molar-refractivity contribution in [2.45, 2.75) is 32.6 Å². The molecule has 0 radical (unpaired) electrons. The number of hydrogen-bond donors (Lipinski definition) is 1. The maximum Gasteiger partial charge on any atom is 0.341 e. The molecule has 1 aromatic carbocycles. The Hall–Kier alpha value is -3.05. The Kier molecular flexibility index (Phi) is 5.87. The van der Waals surface area contributed by atoms with Crippen molar-refractivity contribution in [3.8, 4) is 0 Å². The molecule has 0 saturated carbocycles. The van der Waals surface area contributed by atoms with Crippen LogP contribution in [0.5, 0.6) is 0 Å². The summed E-state index contributed by atoms with van der Waals surface area (Å²) in [6, 6.07) is 6.87. The number of hydrogen-bond acceptors (Lipinski definition) is 8. The van der Waals surface area contributed by atoms with E-state index in [9.17, 15) is 22.8 Å². The lowest BCUT2D eigenvalue weighted by molar-refractivity contribution is -0.116. The molecule has 0 aliphatic carbocycles. The van der Waals surface area contributed by atoms with Gasteiger partial charge in [-0.3, -0.25) is 14.2 Å². The number of fused-ring (bicyclic) bond motifs is 2. The van der Waals surface area contributed by atoms with Crippen molar-refractivity contribution in [1.29, 1.82) is 0 Å². The van der Waals surface area contributed by atoms with Gasteiger partial charge in [-0.05, 0) is 38.0 Å². The third-order valence-electron chi connectivity index (χ3n) is 5.19. The zero-order valence-corrected chi connectivity index (χ0v) is 19.1. The summed E-state index contributed by atoms with van der Waals surface area (Å²) in [6.45, 7) is 3.15. The topological polar surface area (TPSA) is 124 Å². The number of carbonyl (C=O) groups is 2. The van der Waals surface area contributed by atoms with Gasteiger partial charge in [0.2, 0.25) is 5.91 Å². The molecular formula is C21H21N3O6S2. The lowest BCUT2D eigenvalue weighted by Crippen LogP contribution is -2.30. The van der Waals surface area contributed by atoms with Crippen molar-refractivity contribution >= 4 is 49.0 Å². The molecule has 1 aliphatic rings. The largest absolute Gasteiger partial charge is 0.462 e. The highest BCUT2D eigenvalue weighted by Gasteiger charge is 2.32. The van der Waals surface area contributed by atoms with Gasteiger partial charge >= 0.3 is 5.97 Å². The third kappa shape index (κ3) is 4.17. The minimum Gasteiger partial charge on any atom is -0.462 e. The maximum atomic E-state index is 12.8. The molecule has 0 fully saturated rings. The summed E-state index contributed by atoms with van der Waals surface area (Å²) in [5, 5.41) is 3.31. The summed E-state index contributed by atoms with van der Waals surface area (Å²) in [5.74, 6) is -0.998. The van der Waals surface area contributed by atoms with E-state index in [-0.39, 0.29) is 47.2 Å². The average molecular weight is 476 g/mol. The van der Waals surface area contributed by atoms with Crippen molar-refractivity contribution in [3.05, 3.63) is 56.4 Å². The van der Waals surface area contributed by atoms with Gasteiger partial charge in [0, 0.05) is 4.88 Å². The molecule has 9 nitrogen and oxygen atoms in total. The summed E-state index contributed by atoms with van der Waals surface area (Å²) in [7, 11) is -3.25. The van der Waals surface area contributed by atoms with Gasteiger partial charge in [-0.1, -0.05) is 12.1 Å². The molecule has 1 amide bonds. The number of anilines is 1. The summed E-state index contributed by atoms with van der Waals surface area (Å²) < 4.78 is 30.5. The smallest absolute Gasteiger partial charge is 0.341 e. The molecular weight excluding hydrogens is 454 g/mol. The lowest BCUT2D eigenvalue weighted by atomic mass is 10.1. The molecule has 0 bridgehead atoms. The zero-order valence-electron chi connectivity index (χ0n) is 17.5. The predicted molar refractivity (Wildman–Crippen MR) is 121 cm³/mol. The van der Waals surface area contributed by atoms with Gasteiger partial charge in [-0.15, -0.1) is 11.3 Å². The molecule has 3 aromatic rings. The van der Waals surface area contributed by atoms with Crippen LogP contribution in [-0.2, 0) is 38.1 Å². The van der Waals surface area contributed by atoms with E-state index in [0.717, 1.165) is 11.3 Å². The molecule has 4 rings (SSSR count). The zero-order chi connectivity index (χ0) is 23.0. The summed E-state index contributed by atoms with van der Waals surface area (Å²) in [5.41, 5.74) is 0.990. The number of benzene rings is 1. The van der Waals surface area contributed by atoms with E-state index >= 15 is 0 Å². The van der Waals surface area contributed by atoms with E-state index < -0.39 is 21.7 Å². The quantitative estimate of drug-likeness (QED) is 0.560. The standard InChI is InChI=1S/C21H21N3O6S2/c1-3-30-21(27)18-14-8-9-32(28,29)11-16(14)31-19(18)23-17(25)10-24-12(2)22-15-7-5-4-6-13(15)20(24)26/h4-7H,3,8-11H2,1-2H3,(H,23,25). The predicted octanol–water partition coefficient (Wildman–Crippen LogP) is 2.05. The van der Waals surface area contributed by atoms with Crippen LogP contribution in [0, 0.1) is 6.92 Å². The first kappa shape index (κ1) is 22.2. The second kappa shape index (κ2) is 8.47. The Bertz CT molecular complexity index is 1400. The first-order chi connectivity index (χ1) is 15.2. The molecule has 3 heterocycles. The molecule has 0 saturated heterocycles. The van der Waals surface area contributed by atoms with E-state index in [1.165, 1.54) is 4.57 Å². The fraction of sp³-hybridized carbons (Fsp3) is 0.333. The van der Waals surface area contributed by atoms with Gasteiger partial charge in [0.1, 0.15) is 17.4 Å². The van der Waals surface area contributed by atoms with Crippen LogP contribution in [0.25, 0.3) is 10.9 Å². The normalized spacial score (nSPS) is 14.7. The first-order valence-corrected chi connectivity index (χ1v) is 12.6. The van der Waals surface area contributed by atoms with Crippen LogP contribution in [0.4, 0.5) is 5.00 Å². The number of aryl methyl sites for hydroxylation is 1. The van der Waals surface area contributed by atoms with Gasteiger partial charge in [0.25, 0.3) is 5.56 Å². The van der Waals surface area contributed by atoms with Crippen LogP contribution in [0.3, 0.4) is 0 Å². The molecule has 1 N–H and O–H groups in total. The van der Waals surface area contributed by atoms with Gasteiger partial charge in [-0.2, -0.15) is 0 Å². The number of sulfone groups is 1. The van der Waals surface area contributed by atoms with Crippen LogP contribution in [-0.4, -0.2) is 42.2 Å². The van der Waals surface area contributed by atoms with Crippen molar-refractivity contribution in [2.75, 3.05) is 17.7 Å². The van der Waals surface area contributed by atoms with Gasteiger partial charge in [-0.25, -0.2) is 18.2 Å². The molecule has 0 spiro atoms. The Morgan fingerprint density at radius 2 is 2.03 bits per heavy atom. The molecule has 0 atom stereocenters.